The predicted molar refractivity (Wildman–Crippen MR) is 72.1 cm³/mol. The highest BCUT2D eigenvalue weighted by atomic mass is 16.3. The Morgan fingerprint density at radius 1 is 1.06 bits per heavy atom. The van der Waals surface area contributed by atoms with Gasteiger partial charge in [0.05, 0.1) is 12.6 Å². The Bertz CT molecular complexity index is 304. The van der Waals surface area contributed by atoms with E-state index in [1.165, 1.54) is 38.5 Å². The molecule has 0 amide bonds. The van der Waals surface area contributed by atoms with Crippen molar-refractivity contribution >= 4 is 5.69 Å². The van der Waals surface area contributed by atoms with Gasteiger partial charge in [0.1, 0.15) is 0 Å². The van der Waals surface area contributed by atoms with Gasteiger partial charge in [-0.3, -0.25) is 0 Å². The van der Waals surface area contributed by atoms with Crippen LogP contribution in [0.1, 0.15) is 38.5 Å². The quantitative estimate of drug-likeness (QED) is 0.781. The maximum atomic E-state index is 9.57. The van der Waals surface area contributed by atoms with Crippen LogP contribution in [0, 0.1) is 5.92 Å². The lowest BCUT2D eigenvalue weighted by Crippen LogP contribution is -2.32. The first kappa shape index (κ1) is 12.4. The van der Waals surface area contributed by atoms with Crippen LogP contribution < -0.4 is 5.32 Å². The second kappa shape index (κ2) is 6.65. The first-order valence-electron chi connectivity index (χ1n) is 6.82. The van der Waals surface area contributed by atoms with Gasteiger partial charge in [-0.05, 0) is 30.9 Å². The number of aliphatic hydroxyl groups excluding tert-OH is 1. The lowest BCUT2D eigenvalue weighted by molar-refractivity contribution is 0.227. The second-order valence-electron chi connectivity index (χ2n) is 5.05. The van der Waals surface area contributed by atoms with Crippen molar-refractivity contribution in [1.82, 2.24) is 0 Å². The standard InChI is InChI=1S/C15H23NO/c17-12-15(13-8-4-1-2-5-9-13)16-14-10-6-3-7-11-14/h3,6-7,10-11,13,15-17H,1-2,4-5,8-9,12H2. The third kappa shape index (κ3) is 3.74. The van der Waals surface area contributed by atoms with Crippen LogP contribution in [0.5, 0.6) is 0 Å². The van der Waals surface area contributed by atoms with Crippen molar-refractivity contribution in [3.63, 3.8) is 0 Å². The molecule has 0 bridgehead atoms. The molecule has 2 rings (SSSR count). The van der Waals surface area contributed by atoms with Crippen LogP contribution in [0.15, 0.2) is 30.3 Å². The molecule has 17 heavy (non-hydrogen) atoms. The Balaban J connectivity index is 1.95. The lowest BCUT2D eigenvalue weighted by Gasteiger charge is -2.26. The molecule has 2 N–H and O–H groups in total. The average molecular weight is 233 g/mol. The minimum atomic E-state index is 0.218. The summed E-state index contributed by atoms with van der Waals surface area (Å²) in [6.07, 6.45) is 7.87. The van der Waals surface area contributed by atoms with Crippen LogP contribution in [0.3, 0.4) is 0 Å². The summed E-state index contributed by atoms with van der Waals surface area (Å²) in [6, 6.07) is 10.4. The average Bonchev–Trinajstić information content (AvgIpc) is 2.66. The highest BCUT2D eigenvalue weighted by Crippen LogP contribution is 2.27. The number of aliphatic hydroxyl groups is 1. The van der Waals surface area contributed by atoms with Gasteiger partial charge in [-0.2, -0.15) is 0 Å². The van der Waals surface area contributed by atoms with Crippen molar-refractivity contribution < 1.29 is 5.11 Å². The van der Waals surface area contributed by atoms with Gasteiger partial charge in [-0.25, -0.2) is 0 Å². The fourth-order valence-electron chi connectivity index (χ4n) is 2.77. The minimum absolute atomic E-state index is 0.218. The third-order valence-corrected chi connectivity index (χ3v) is 3.79. The van der Waals surface area contributed by atoms with E-state index in [-0.39, 0.29) is 12.6 Å². The van der Waals surface area contributed by atoms with E-state index in [4.69, 9.17) is 0 Å². The molecular formula is C15H23NO. The summed E-state index contributed by atoms with van der Waals surface area (Å²) < 4.78 is 0. The number of hydrogen-bond acceptors (Lipinski definition) is 2. The molecule has 1 aliphatic carbocycles. The number of para-hydroxylation sites is 1. The Morgan fingerprint density at radius 2 is 1.71 bits per heavy atom. The van der Waals surface area contributed by atoms with Crippen LogP contribution in [0.2, 0.25) is 0 Å². The molecule has 1 aliphatic rings. The summed E-state index contributed by atoms with van der Waals surface area (Å²) >= 11 is 0. The van der Waals surface area contributed by atoms with Gasteiger partial charge in [0, 0.05) is 5.69 Å². The molecule has 0 aromatic heterocycles. The third-order valence-electron chi connectivity index (χ3n) is 3.79. The zero-order valence-corrected chi connectivity index (χ0v) is 10.4. The van der Waals surface area contributed by atoms with Crippen molar-refractivity contribution in [2.24, 2.45) is 5.92 Å². The summed E-state index contributed by atoms with van der Waals surface area (Å²) in [4.78, 5) is 0. The van der Waals surface area contributed by atoms with E-state index in [0.29, 0.717) is 5.92 Å². The van der Waals surface area contributed by atoms with Crippen LogP contribution in [-0.2, 0) is 0 Å². The van der Waals surface area contributed by atoms with Gasteiger partial charge in [0.15, 0.2) is 0 Å². The van der Waals surface area contributed by atoms with Gasteiger partial charge in [-0.1, -0.05) is 43.9 Å². The zero-order valence-electron chi connectivity index (χ0n) is 10.4. The Kier molecular flexibility index (Phi) is 4.87. The molecule has 1 unspecified atom stereocenters. The fraction of sp³-hybridized carbons (Fsp3) is 0.600. The Morgan fingerprint density at radius 3 is 2.29 bits per heavy atom. The molecule has 1 atom stereocenters. The van der Waals surface area contributed by atoms with Gasteiger partial charge >= 0.3 is 0 Å². The molecular weight excluding hydrogens is 210 g/mol. The summed E-state index contributed by atoms with van der Waals surface area (Å²) in [5.41, 5.74) is 1.12. The van der Waals surface area contributed by atoms with Crippen LogP contribution in [0.25, 0.3) is 0 Å². The molecule has 0 radical (unpaired) electrons. The molecule has 0 saturated heterocycles. The van der Waals surface area contributed by atoms with Gasteiger partial charge in [0.2, 0.25) is 0 Å². The highest BCUT2D eigenvalue weighted by molar-refractivity contribution is 5.43. The summed E-state index contributed by atoms with van der Waals surface area (Å²) in [5.74, 6) is 0.628. The number of benzene rings is 1. The number of nitrogens with one attached hydrogen (secondary N) is 1. The van der Waals surface area contributed by atoms with Crippen molar-refractivity contribution in [3.8, 4) is 0 Å². The van der Waals surface area contributed by atoms with E-state index >= 15 is 0 Å². The zero-order chi connectivity index (χ0) is 11.9. The molecule has 1 fully saturated rings. The Hall–Kier alpha value is -1.02. The molecule has 2 heteroatoms. The van der Waals surface area contributed by atoms with Gasteiger partial charge in [0.25, 0.3) is 0 Å². The molecule has 1 saturated carbocycles. The molecule has 0 aliphatic heterocycles. The highest BCUT2D eigenvalue weighted by Gasteiger charge is 2.21. The van der Waals surface area contributed by atoms with E-state index in [1.54, 1.807) is 0 Å². The molecule has 0 spiro atoms. The monoisotopic (exact) mass is 233 g/mol. The minimum Gasteiger partial charge on any atom is -0.394 e. The molecule has 1 aromatic carbocycles. The Labute approximate surface area is 104 Å². The molecule has 94 valence electrons. The van der Waals surface area contributed by atoms with Gasteiger partial charge < -0.3 is 10.4 Å². The van der Waals surface area contributed by atoms with Crippen molar-refractivity contribution in [2.45, 2.75) is 44.6 Å². The topological polar surface area (TPSA) is 32.3 Å². The van der Waals surface area contributed by atoms with Gasteiger partial charge in [-0.15, -0.1) is 0 Å². The fourth-order valence-corrected chi connectivity index (χ4v) is 2.77. The number of hydrogen-bond donors (Lipinski definition) is 2. The first-order chi connectivity index (χ1) is 8.40. The van der Waals surface area contributed by atoms with E-state index in [2.05, 4.69) is 17.4 Å². The number of anilines is 1. The van der Waals surface area contributed by atoms with Crippen LogP contribution in [-0.4, -0.2) is 17.8 Å². The van der Waals surface area contributed by atoms with E-state index in [9.17, 15) is 5.11 Å². The summed E-state index contributed by atoms with van der Waals surface area (Å²) in [6.45, 7) is 0.236. The second-order valence-corrected chi connectivity index (χ2v) is 5.05. The van der Waals surface area contributed by atoms with Crippen LogP contribution in [0.4, 0.5) is 5.69 Å². The normalized spacial score (nSPS) is 19.6. The summed E-state index contributed by atoms with van der Waals surface area (Å²) in [7, 11) is 0. The number of rotatable bonds is 4. The summed E-state index contributed by atoms with van der Waals surface area (Å²) in [5, 5.41) is 13.0. The first-order valence-corrected chi connectivity index (χ1v) is 6.82. The maximum Gasteiger partial charge on any atom is 0.0635 e. The van der Waals surface area contributed by atoms with Crippen molar-refractivity contribution in [3.05, 3.63) is 30.3 Å². The van der Waals surface area contributed by atoms with Crippen molar-refractivity contribution in [2.75, 3.05) is 11.9 Å². The lowest BCUT2D eigenvalue weighted by atomic mass is 9.92. The van der Waals surface area contributed by atoms with E-state index in [0.717, 1.165) is 5.69 Å². The van der Waals surface area contributed by atoms with Crippen molar-refractivity contribution in [1.29, 1.82) is 0 Å². The largest absolute Gasteiger partial charge is 0.394 e. The molecule has 1 aromatic rings. The van der Waals surface area contributed by atoms with E-state index in [1.807, 2.05) is 18.2 Å². The smallest absolute Gasteiger partial charge is 0.0635 e. The SMILES string of the molecule is OCC(Nc1ccccc1)C1CCCCCC1. The maximum absolute atomic E-state index is 9.57. The molecule has 2 nitrogen and oxygen atoms in total. The molecule has 0 heterocycles. The van der Waals surface area contributed by atoms with Crippen LogP contribution >= 0.6 is 0 Å². The predicted octanol–water partition coefficient (Wildman–Crippen LogP) is 3.43. The van der Waals surface area contributed by atoms with E-state index < -0.39 is 0 Å².